The van der Waals surface area contributed by atoms with E-state index in [1.807, 2.05) is 44.2 Å². The Morgan fingerprint density at radius 3 is 2.26 bits per heavy atom. The van der Waals surface area contributed by atoms with Gasteiger partial charge in [-0.1, -0.05) is 44.2 Å². The summed E-state index contributed by atoms with van der Waals surface area (Å²) in [5.74, 6) is -0.0886. The molecule has 1 heterocycles. The molecule has 100 valence electrons. The summed E-state index contributed by atoms with van der Waals surface area (Å²) in [4.78, 5) is 28.4. The summed E-state index contributed by atoms with van der Waals surface area (Å²) in [7, 11) is 0. The van der Waals surface area contributed by atoms with Crippen LogP contribution in [0.2, 0.25) is 0 Å². The van der Waals surface area contributed by atoms with Crippen molar-refractivity contribution < 1.29 is 9.59 Å². The molecule has 0 aromatic heterocycles. The van der Waals surface area contributed by atoms with Crippen molar-refractivity contribution in [2.75, 3.05) is 0 Å². The Hall–Kier alpha value is -1.97. The van der Waals surface area contributed by atoms with Gasteiger partial charge in [-0.25, -0.2) is 0 Å². The minimum atomic E-state index is -0.972. The molecular weight excluding hydrogens is 240 g/mol. The number of amides is 2. The third kappa shape index (κ3) is 2.43. The fraction of sp³-hybridized carbons (Fsp3) is 0.400. The van der Waals surface area contributed by atoms with E-state index >= 15 is 0 Å². The molecule has 0 aliphatic carbocycles. The van der Waals surface area contributed by atoms with Crippen LogP contribution in [-0.2, 0) is 16.0 Å². The lowest BCUT2D eigenvalue weighted by atomic mass is 9.79. The predicted molar refractivity (Wildman–Crippen MR) is 73.7 cm³/mol. The summed E-state index contributed by atoms with van der Waals surface area (Å²) >= 11 is 0. The van der Waals surface area contributed by atoms with Crippen molar-refractivity contribution in [2.45, 2.75) is 33.1 Å². The Bertz CT molecular complexity index is 516. The first-order chi connectivity index (χ1) is 9.12. The van der Waals surface area contributed by atoms with Crippen molar-refractivity contribution in [2.24, 2.45) is 10.4 Å². The van der Waals surface area contributed by atoms with Gasteiger partial charge in [0.25, 0.3) is 5.91 Å². The number of hydrogen-bond donors (Lipinski definition) is 1. The van der Waals surface area contributed by atoms with E-state index in [2.05, 4.69) is 10.3 Å². The van der Waals surface area contributed by atoms with Gasteiger partial charge in [0.2, 0.25) is 5.91 Å². The molecule has 0 fully saturated rings. The molecule has 1 aromatic carbocycles. The molecule has 1 N–H and O–H groups in total. The van der Waals surface area contributed by atoms with Gasteiger partial charge >= 0.3 is 0 Å². The summed E-state index contributed by atoms with van der Waals surface area (Å²) in [6.45, 7) is 3.69. The highest BCUT2D eigenvalue weighted by molar-refractivity contribution is 6.19. The van der Waals surface area contributed by atoms with Crippen molar-refractivity contribution in [3.63, 3.8) is 0 Å². The van der Waals surface area contributed by atoms with Crippen LogP contribution in [0.25, 0.3) is 0 Å². The molecule has 0 unspecified atom stereocenters. The maximum Gasteiger partial charge on any atom is 0.263 e. The molecule has 4 nitrogen and oxygen atoms in total. The zero-order valence-corrected chi connectivity index (χ0v) is 11.3. The van der Waals surface area contributed by atoms with Gasteiger partial charge in [-0.2, -0.15) is 4.99 Å². The van der Waals surface area contributed by atoms with Crippen LogP contribution in [0, 0.1) is 5.41 Å². The van der Waals surface area contributed by atoms with E-state index in [-0.39, 0.29) is 11.8 Å². The number of benzene rings is 1. The Balaban J connectivity index is 2.23. The number of nitrogens with zero attached hydrogens (tertiary/aromatic N) is 1. The quantitative estimate of drug-likeness (QED) is 0.841. The average Bonchev–Trinajstić information content (AvgIpc) is 2.41. The van der Waals surface area contributed by atoms with Gasteiger partial charge in [0.1, 0.15) is 11.3 Å². The van der Waals surface area contributed by atoms with Gasteiger partial charge in [-0.3, -0.25) is 9.59 Å². The first-order valence-electron chi connectivity index (χ1n) is 6.59. The lowest BCUT2D eigenvalue weighted by Gasteiger charge is -2.30. The van der Waals surface area contributed by atoms with Crippen molar-refractivity contribution in [3.05, 3.63) is 35.9 Å². The Morgan fingerprint density at radius 1 is 1.11 bits per heavy atom. The second-order valence-corrected chi connectivity index (χ2v) is 4.77. The van der Waals surface area contributed by atoms with E-state index in [0.29, 0.717) is 25.1 Å². The number of rotatable bonds is 4. The van der Waals surface area contributed by atoms with E-state index in [1.54, 1.807) is 0 Å². The van der Waals surface area contributed by atoms with Crippen LogP contribution in [0.1, 0.15) is 32.3 Å². The third-order valence-electron chi connectivity index (χ3n) is 3.76. The maximum absolute atomic E-state index is 12.2. The number of hydrogen-bond acceptors (Lipinski definition) is 2. The SMILES string of the molecule is CCC1(CC)C(=O)N=C(Cc2ccccc2)NC1=O. The van der Waals surface area contributed by atoms with E-state index in [1.165, 1.54) is 0 Å². The molecule has 0 radical (unpaired) electrons. The zero-order valence-electron chi connectivity index (χ0n) is 11.3. The standard InChI is InChI=1S/C15H18N2O2/c1-3-15(4-2)13(18)16-12(17-14(15)19)10-11-8-6-5-7-9-11/h5-9H,3-4,10H2,1-2H3,(H,16,17,18,19). The summed E-state index contributed by atoms with van der Waals surface area (Å²) < 4.78 is 0. The number of amidine groups is 1. The van der Waals surface area contributed by atoms with Gasteiger partial charge in [-0.05, 0) is 18.4 Å². The fourth-order valence-electron chi connectivity index (χ4n) is 2.35. The molecule has 0 atom stereocenters. The molecule has 4 heteroatoms. The van der Waals surface area contributed by atoms with Gasteiger partial charge in [0.15, 0.2) is 0 Å². The number of carbonyl (C=O) groups is 2. The highest BCUT2D eigenvalue weighted by Crippen LogP contribution is 2.30. The van der Waals surface area contributed by atoms with Crippen LogP contribution in [0.15, 0.2) is 35.3 Å². The molecule has 1 aromatic rings. The Kier molecular flexibility index (Phi) is 3.79. The highest BCUT2D eigenvalue weighted by atomic mass is 16.2. The first kappa shape index (κ1) is 13.5. The van der Waals surface area contributed by atoms with Crippen molar-refractivity contribution in [3.8, 4) is 0 Å². The molecule has 19 heavy (non-hydrogen) atoms. The molecule has 0 spiro atoms. The Labute approximate surface area is 112 Å². The maximum atomic E-state index is 12.2. The molecule has 0 saturated carbocycles. The van der Waals surface area contributed by atoms with Gasteiger partial charge in [0.05, 0.1) is 0 Å². The lowest BCUT2D eigenvalue weighted by molar-refractivity contribution is -0.142. The van der Waals surface area contributed by atoms with Crippen LogP contribution in [0.5, 0.6) is 0 Å². The van der Waals surface area contributed by atoms with E-state index in [4.69, 9.17) is 0 Å². The number of nitrogens with one attached hydrogen (secondary N) is 1. The smallest absolute Gasteiger partial charge is 0.263 e. The van der Waals surface area contributed by atoms with Crippen LogP contribution in [-0.4, -0.2) is 17.6 Å². The summed E-state index contributed by atoms with van der Waals surface area (Å²) in [6, 6.07) is 9.66. The normalized spacial score (nSPS) is 17.9. The largest absolute Gasteiger partial charge is 0.313 e. The number of aliphatic imine (C=N–C) groups is 1. The van der Waals surface area contributed by atoms with Gasteiger partial charge in [0, 0.05) is 6.42 Å². The lowest BCUT2D eigenvalue weighted by Crippen LogP contribution is -2.52. The fourth-order valence-corrected chi connectivity index (χ4v) is 2.35. The first-order valence-corrected chi connectivity index (χ1v) is 6.59. The number of carbonyl (C=O) groups excluding carboxylic acids is 2. The van der Waals surface area contributed by atoms with E-state index in [0.717, 1.165) is 5.56 Å². The molecule has 2 rings (SSSR count). The van der Waals surface area contributed by atoms with E-state index in [9.17, 15) is 9.59 Å². The third-order valence-corrected chi connectivity index (χ3v) is 3.76. The molecular formula is C15H18N2O2. The molecule has 2 amide bonds. The molecule has 1 aliphatic heterocycles. The van der Waals surface area contributed by atoms with Gasteiger partial charge < -0.3 is 5.32 Å². The Morgan fingerprint density at radius 2 is 1.74 bits per heavy atom. The molecule has 0 bridgehead atoms. The summed E-state index contributed by atoms with van der Waals surface area (Å²) in [5.41, 5.74) is 0.0510. The molecule has 1 aliphatic rings. The van der Waals surface area contributed by atoms with Crippen molar-refractivity contribution in [1.82, 2.24) is 5.32 Å². The van der Waals surface area contributed by atoms with Crippen LogP contribution < -0.4 is 5.32 Å². The van der Waals surface area contributed by atoms with Crippen molar-refractivity contribution in [1.29, 1.82) is 0 Å². The van der Waals surface area contributed by atoms with Crippen LogP contribution >= 0.6 is 0 Å². The topological polar surface area (TPSA) is 58.5 Å². The van der Waals surface area contributed by atoms with Crippen LogP contribution in [0.4, 0.5) is 0 Å². The van der Waals surface area contributed by atoms with Gasteiger partial charge in [-0.15, -0.1) is 0 Å². The summed E-state index contributed by atoms with van der Waals surface area (Å²) in [5, 5.41) is 2.78. The van der Waals surface area contributed by atoms with E-state index < -0.39 is 5.41 Å². The monoisotopic (exact) mass is 258 g/mol. The second kappa shape index (κ2) is 5.34. The average molecular weight is 258 g/mol. The predicted octanol–water partition coefficient (Wildman–Crippen LogP) is 2.09. The molecule has 0 saturated heterocycles. The minimum absolute atomic E-state index is 0.219. The minimum Gasteiger partial charge on any atom is -0.313 e. The summed E-state index contributed by atoms with van der Waals surface area (Å²) in [6.07, 6.45) is 1.44. The highest BCUT2D eigenvalue weighted by Gasteiger charge is 2.45. The second-order valence-electron chi connectivity index (χ2n) is 4.77. The van der Waals surface area contributed by atoms with Crippen LogP contribution in [0.3, 0.4) is 0 Å². The van der Waals surface area contributed by atoms with Crippen molar-refractivity contribution >= 4 is 17.6 Å². The zero-order chi connectivity index (χ0) is 13.9.